The van der Waals surface area contributed by atoms with Gasteiger partial charge in [0.2, 0.25) is 0 Å². The molecular weight excluding hydrogens is 304 g/mol. The quantitative estimate of drug-likeness (QED) is 0.760. The van der Waals surface area contributed by atoms with Crippen molar-refractivity contribution >= 4 is 34.4 Å². The first kappa shape index (κ1) is 16.4. The number of fused-ring (bicyclic) bond motifs is 1. The van der Waals surface area contributed by atoms with Gasteiger partial charge in [0.25, 0.3) is 5.91 Å². The van der Waals surface area contributed by atoms with Crippen molar-refractivity contribution in [1.82, 2.24) is 10.3 Å². The van der Waals surface area contributed by atoms with Gasteiger partial charge in [-0.1, -0.05) is 31.5 Å². The number of amides is 1. The molecule has 0 saturated heterocycles. The summed E-state index contributed by atoms with van der Waals surface area (Å²) < 4.78 is 0. The Balaban J connectivity index is 2.26. The van der Waals surface area contributed by atoms with Crippen LogP contribution in [0, 0.1) is 0 Å². The van der Waals surface area contributed by atoms with E-state index >= 15 is 0 Å². The molecule has 0 saturated carbocycles. The van der Waals surface area contributed by atoms with E-state index in [1.807, 2.05) is 19.9 Å². The van der Waals surface area contributed by atoms with E-state index in [2.05, 4.69) is 10.3 Å². The second kappa shape index (κ2) is 6.40. The molecule has 118 valence electrons. The van der Waals surface area contributed by atoms with E-state index in [1.54, 1.807) is 18.2 Å². The van der Waals surface area contributed by atoms with Gasteiger partial charge in [-0.2, -0.15) is 0 Å². The molecule has 5 nitrogen and oxygen atoms in total. The minimum Gasteiger partial charge on any atom is -0.481 e. The molecule has 22 heavy (non-hydrogen) atoms. The molecule has 0 fully saturated rings. The first-order valence-electron chi connectivity index (χ1n) is 7.21. The molecule has 0 aliphatic heterocycles. The van der Waals surface area contributed by atoms with Crippen LogP contribution in [0.15, 0.2) is 24.3 Å². The Morgan fingerprint density at radius 1 is 1.27 bits per heavy atom. The third-order valence-corrected chi connectivity index (χ3v) is 4.29. The minimum atomic E-state index is -0.924. The number of hydrogen-bond donors (Lipinski definition) is 3. The predicted molar refractivity (Wildman–Crippen MR) is 86.3 cm³/mol. The van der Waals surface area contributed by atoms with Crippen molar-refractivity contribution in [2.75, 3.05) is 0 Å². The Labute approximate surface area is 133 Å². The number of aromatic nitrogens is 1. The summed E-state index contributed by atoms with van der Waals surface area (Å²) in [6.07, 6.45) is 0.999. The first-order chi connectivity index (χ1) is 10.4. The van der Waals surface area contributed by atoms with Gasteiger partial charge in [-0.15, -0.1) is 0 Å². The number of aromatic amines is 1. The van der Waals surface area contributed by atoms with Crippen LogP contribution in [-0.2, 0) is 4.79 Å². The fraction of sp³-hybridized carbons (Fsp3) is 0.375. The lowest BCUT2D eigenvalue weighted by molar-refractivity contribution is -0.138. The Bertz CT molecular complexity index is 704. The number of hydrogen-bond acceptors (Lipinski definition) is 2. The van der Waals surface area contributed by atoms with Gasteiger partial charge < -0.3 is 15.4 Å². The Kier molecular flexibility index (Phi) is 4.76. The molecule has 0 bridgehead atoms. The van der Waals surface area contributed by atoms with Crippen molar-refractivity contribution in [3.8, 4) is 0 Å². The van der Waals surface area contributed by atoms with E-state index in [-0.39, 0.29) is 12.3 Å². The number of aliphatic carboxylic acids is 1. The average molecular weight is 323 g/mol. The second-order valence-corrected chi connectivity index (χ2v) is 5.86. The Morgan fingerprint density at radius 2 is 1.95 bits per heavy atom. The number of carbonyl (C=O) groups is 2. The van der Waals surface area contributed by atoms with Gasteiger partial charge in [0, 0.05) is 15.9 Å². The first-order valence-corrected chi connectivity index (χ1v) is 7.59. The number of benzene rings is 1. The van der Waals surface area contributed by atoms with Crippen LogP contribution in [0.3, 0.4) is 0 Å². The average Bonchev–Trinajstić information content (AvgIpc) is 2.89. The highest BCUT2D eigenvalue weighted by Crippen LogP contribution is 2.23. The van der Waals surface area contributed by atoms with Crippen molar-refractivity contribution in [3.63, 3.8) is 0 Å². The number of halogens is 1. The van der Waals surface area contributed by atoms with Crippen molar-refractivity contribution in [3.05, 3.63) is 35.0 Å². The summed E-state index contributed by atoms with van der Waals surface area (Å²) in [6, 6.07) is 7.07. The molecule has 1 aromatic carbocycles. The summed E-state index contributed by atoms with van der Waals surface area (Å²) in [5.74, 6) is -1.23. The van der Waals surface area contributed by atoms with E-state index in [4.69, 9.17) is 16.7 Å². The van der Waals surface area contributed by atoms with E-state index in [0.717, 1.165) is 10.9 Å². The van der Waals surface area contributed by atoms with Gasteiger partial charge in [0.15, 0.2) is 0 Å². The lowest BCUT2D eigenvalue weighted by Crippen LogP contribution is -2.49. The smallest absolute Gasteiger partial charge is 0.305 e. The third-order valence-electron chi connectivity index (χ3n) is 4.05. The van der Waals surface area contributed by atoms with Crippen LogP contribution in [-0.4, -0.2) is 27.5 Å². The summed E-state index contributed by atoms with van der Waals surface area (Å²) in [7, 11) is 0. The number of H-pyrrole nitrogens is 1. The molecule has 1 amide bonds. The van der Waals surface area contributed by atoms with Crippen LogP contribution in [0.4, 0.5) is 0 Å². The lowest BCUT2D eigenvalue weighted by Gasteiger charge is -2.31. The number of carbonyl (C=O) groups excluding carboxylic acids is 1. The van der Waals surface area contributed by atoms with E-state index in [1.165, 1.54) is 0 Å². The Hall–Kier alpha value is -2.01. The molecule has 0 spiro atoms. The predicted octanol–water partition coefficient (Wildman–Crippen LogP) is 3.58. The monoisotopic (exact) mass is 322 g/mol. The second-order valence-electron chi connectivity index (χ2n) is 5.43. The van der Waals surface area contributed by atoms with Crippen molar-refractivity contribution < 1.29 is 14.7 Å². The maximum atomic E-state index is 12.4. The highest BCUT2D eigenvalue weighted by molar-refractivity contribution is 6.31. The van der Waals surface area contributed by atoms with E-state index < -0.39 is 11.5 Å². The van der Waals surface area contributed by atoms with Gasteiger partial charge in [-0.3, -0.25) is 9.59 Å². The Morgan fingerprint density at radius 3 is 2.55 bits per heavy atom. The standard InChI is InChI=1S/C16H19ClN2O3/c1-3-16(4-2,9-14(20)21)19-15(22)13-7-10-5-6-11(17)8-12(10)18-13/h5-8,18H,3-4,9H2,1-2H3,(H,19,22)(H,20,21). The SMILES string of the molecule is CCC(CC)(CC(=O)O)NC(=O)c1cc2ccc(Cl)cc2[nH]1. The summed E-state index contributed by atoms with van der Waals surface area (Å²) in [4.78, 5) is 26.5. The topological polar surface area (TPSA) is 82.2 Å². The molecule has 3 N–H and O–H groups in total. The van der Waals surface area contributed by atoms with Crippen LogP contribution in [0.25, 0.3) is 10.9 Å². The molecule has 0 unspecified atom stereocenters. The van der Waals surface area contributed by atoms with Crippen LogP contribution >= 0.6 is 11.6 Å². The van der Waals surface area contributed by atoms with Gasteiger partial charge in [-0.05, 0) is 31.0 Å². The van der Waals surface area contributed by atoms with Crippen LogP contribution in [0.2, 0.25) is 5.02 Å². The van der Waals surface area contributed by atoms with E-state index in [0.29, 0.717) is 23.6 Å². The summed E-state index contributed by atoms with van der Waals surface area (Å²) >= 11 is 5.93. The van der Waals surface area contributed by atoms with Crippen LogP contribution < -0.4 is 5.32 Å². The molecule has 2 rings (SSSR count). The summed E-state index contributed by atoms with van der Waals surface area (Å²) in [5, 5.41) is 13.4. The minimum absolute atomic E-state index is 0.0994. The molecule has 0 aliphatic rings. The molecule has 1 heterocycles. The fourth-order valence-electron chi connectivity index (χ4n) is 2.54. The van der Waals surface area contributed by atoms with Crippen LogP contribution in [0.1, 0.15) is 43.6 Å². The van der Waals surface area contributed by atoms with Crippen LogP contribution in [0.5, 0.6) is 0 Å². The maximum absolute atomic E-state index is 12.4. The number of rotatable bonds is 6. The molecule has 0 radical (unpaired) electrons. The van der Waals surface area contributed by atoms with Gasteiger partial charge in [0.05, 0.1) is 12.0 Å². The normalized spacial score (nSPS) is 11.6. The zero-order chi connectivity index (χ0) is 16.3. The van der Waals surface area contributed by atoms with Gasteiger partial charge >= 0.3 is 5.97 Å². The number of carboxylic acids is 1. The number of nitrogens with one attached hydrogen (secondary N) is 2. The zero-order valence-corrected chi connectivity index (χ0v) is 13.3. The van der Waals surface area contributed by atoms with Crippen molar-refractivity contribution in [2.24, 2.45) is 0 Å². The largest absolute Gasteiger partial charge is 0.481 e. The fourth-order valence-corrected chi connectivity index (χ4v) is 2.71. The van der Waals surface area contributed by atoms with Crippen molar-refractivity contribution in [2.45, 2.75) is 38.6 Å². The highest BCUT2D eigenvalue weighted by Gasteiger charge is 2.31. The molecule has 2 aromatic rings. The lowest BCUT2D eigenvalue weighted by atomic mass is 9.89. The zero-order valence-electron chi connectivity index (χ0n) is 12.6. The summed E-state index contributed by atoms with van der Waals surface area (Å²) in [6.45, 7) is 3.75. The third kappa shape index (κ3) is 3.42. The highest BCUT2D eigenvalue weighted by atomic mass is 35.5. The molecule has 0 aliphatic carbocycles. The maximum Gasteiger partial charge on any atom is 0.305 e. The van der Waals surface area contributed by atoms with Gasteiger partial charge in [0.1, 0.15) is 5.69 Å². The van der Waals surface area contributed by atoms with E-state index in [9.17, 15) is 9.59 Å². The van der Waals surface area contributed by atoms with Gasteiger partial charge in [-0.25, -0.2) is 0 Å². The number of carboxylic acid groups (broad SMARTS) is 1. The van der Waals surface area contributed by atoms with Crippen molar-refractivity contribution in [1.29, 1.82) is 0 Å². The molecule has 1 aromatic heterocycles. The molecule has 6 heteroatoms. The molecular formula is C16H19ClN2O3. The summed E-state index contributed by atoms with van der Waals surface area (Å²) in [5.41, 5.74) is 0.432. The molecule has 0 atom stereocenters.